The van der Waals surface area contributed by atoms with Crippen molar-refractivity contribution in [1.82, 2.24) is 26.0 Å². The van der Waals surface area contributed by atoms with E-state index in [1.54, 1.807) is 71.0 Å². The summed E-state index contributed by atoms with van der Waals surface area (Å²) in [6.45, 7) is 20.5. The second-order valence-corrected chi connectivity index (χ2v) is 24.2. The SMILES string of the molecule is CC(C)C(C(=O)NC(Cc1ccccc1)C(=O)NC(=O)N1CCOCC1)N(NC(=O)OC(C)(C)C)C(=O)C(Cc1ccc(F)cc1)C[C@H](CCc1ccccc1)O[Si](C)(C)C(C)(C)C. The zero-order valence-corrected chi connectivity index (χ0v) is 40.4. The van der Waals surface area contributed by atoms with Gasteiger partial charge >= 0.3 is 12.1 Å². The van der Waals surface area contributed by atoms with E-state index in [0.717, 1.165) is 10.6 Å². The van der Waals surface area contributed by atoms with Crippen molar-refractivity contribution >= 4 is 38.2 Å². The van der Waals surface area contributed by atoms with Crippen LogP contribution in [0.2, 0.25) is 18.1 Å². The average Bonchev–Trinajstić information content (AvgIpc) is 3.22. The van der Waals surface area contributed by atoms with Crippen molar-refractivity contribution < 1.29 is 42.3 Å². The maximum atomic E-state index is 15.5. The fourth-order valence-electron chi connectivity index (χ4n) is 7.21. The largest absolute Gasteiger partial charge is 0.443 e. The van der Waals surface area contributed by atoms with Crippen LogP contribution >= 0.6 is 0 Å². The molecule has 1 saturated heterocycles. The Balaban J connectivity index is 1.77. The molecule has 13 nitrogen and oxygen atoms in total. The Hall–Kier alpha value is -5.12. The first kappa shape index (κ1) is 51.5. The number of carbonyl (C=O) groups is 5. The molecule has 1 aliphatic heterocycles. The number of hydrogen-bond donors (Lipinski definition) is 3. The number of hydrazine groups is 1. The van der Waals surface area contributed by atoms with Crippen LogP contribution in [0.4, 0.5) is 14.0 Å². The molecule has 4 rings (SSSR count). The third kappa shape index (κ3) is 16.1. The van der Waals surface area contributed by atoms with Gasteiger partial charge in [0.15, 0.2) is 8.32 Å². The summed E-state index contributed by atoms with van der Waals surface area (Å²) in [4.78, 5) is 72.7. The van der Waals surface area contributed by atoms with Gasteiger partial charge in [-0.15, -0.1) is 0 Å². The summed E-state index contributed by atoms with van der Waals surface area (Å²) in [5.74, 6) is -4.04. The normalized spacial score (nSPS) is 15.3. The van der Waals surface area contributed by atoms with E-state index in [1.165, 1.54) is 17.0 Å². The zero-order chi connectivity index (χ0) is 47.2. The molecule has 0 bridgehead atoms. The monoisotopic (exact) mass is 903 g/mol. The van der Waals surface area contributed by atoms with Crippen molar-refractivity contribution in [1.29, 1.82) is 0 Å². The molecule has 3 unspecified atom stereocenters. The second kappa shape index (κ2) is 23.2. The van der Waals surface area contributed by atoms with Crippen molar-refractivity contribution in [3.63, 3.8) is 0 Å². The molecule has 4 atom stereocenters. The number of ether oxygens (including phenoxy) is 2. The van der Waals surface area contributed by atoms with E-state index >= 15 is 4.79 Å². The van der Waals surface area contributed by atoms with Gasteiger partial charge in [-0.3, -0.25) is 19.7 Å². The number of halogens is 1. The van der Waals surface area contributed by atoms with Gasteiger partial charge in [-0.05, 0) is 99.3 Å². The summed E-state index contributed by atoms with van der Waals surface area (Å²) in [7, 11) is -2.43. The number of hydrogen-bond acceptors (Lipinski definition) is 8. The average molecular weight is 904 g/mol. The Bertz CT molecular complexity index is 1980. The van der Waals surface area contributed by atoms with E-state index < -0.39 is 79.6 Å². The van der Waals surface area contributed by atoms with Gasteiger partial charge in [-0.1, -0.05) is 107 Å². The van der Waals surface area contributed by atoms with Crippen LogP contribution in [0.3, 0.4) is 0 Å². The summed E-state index contributed by atoms with van der Waals surface area (Å²) >= 11 is 0. The smallest absolute Gasteiger partial charge is 0.426 e. The first-order valence-corrected chi connectivity index (χ1v) is 25.2. The van der Waals surface area contributed by atoms with Crippen LogP contribution in [-0.2, 0) is 47.5 Å². The Morgan fingerprint density at radius 2 is 1.36 bits per heavy atom. The molecule has 1 aliphatic rings. The number of aryl methyl sites for hydroxylation is 1. The topological polar surface area (TPSA) is 156 Å². The summed E-state index contributed by atoms with van der Waals surface area (Å²) in [6, 6.07) is 21.7. The molecule has 3 aromatic rings. The predicted octanol–water partition coefficient (Wildman–Crippen LogP) is 7.99. The van der Waals surface area contributed by atoms with Gasteiger partial charge in [0.05, 0.1) is 13.2 Å². The van der Waals surface area contributed by atoms with Crippen molar-refractivity contribution in [3.05, 3.63) is 107 Å². The minimum atomic E-state index is -2.43. The first-order valence-electron chi connectivity index (χ1n) is 22.3. The minimum Gasteiger partial charge on any atom is -0.443 e. The quantitative estimate of drug-likeness (QED) is 0.0910. The maximum absolute atomic E-state index is 15.5. The second-order valence-electron chi connectivity index (χ2n) is 19.4. The van der Waals surface area contributed by atoms with Gasteiger partial charge in [-0.25, -0.2) is 24.4 Å². The van der Waals surface area contributed by atoms with Crippen molar-refractivity contribution in [2.45, 2.75) is 129 Å². The van der Waals surface area contributed by atoms with Crippen molar-refractivity contribution in [2.75, 3.05) is 26.3 Å². The minimum absolute atomic E-state index is 0.0220. The number of nitrogens with zero attached hydrogens (tertiary/aromatic N) is 2. The molecule has 64 heavy (non-hydrogen) atoms. The molecule has 0 aromatic heterocycles. The van der Waals surface area contributed by atoms with Gasteiger partial charge < -0.3 is 24.1 Å². The molecule has 15 heteroatoms. The standard InChI is InChI=1S/C49H70FN5O8Si/c1-34(2)42(44(57)51-41(32-36-19-15-12-16-20-36)43(56)52-46(59)54-27-29-61-30-28-54)55(53-47(60)62-48(3,4)5)45(58)38(31-37-21-24-39(50)25-22-37)33-40(63-64(9,10)49(6,7)8)26-23-35-17-13-11-14-18-35/h11-22,24-25,34,38,40-42H,23,26-33H2,1-10H3,(H,51,57)(H,53,60)(H,52,56,59)/t38?,40-,41?,42?/m0/s1. The van der Waals surface area contributed by atoms with Crippen LogP contribution in [0.5, 0.6) is 0 Å². The fraction of sp³-hybridized carbons (Fsp3) is 0.531. The number of imide groups is 1. The third-order valence-corrected chi connectivity index (χ3v) is 16.2. The summed E-state index contributed by atoms with van der Waals surface area (Å²) in [5, 5.41) is 6.16. The maximum Gasteiger partial charge on any atom is 0.426 e. The number of nitrogens with one attached hydrogen (secondary N) is 3. The Morgan fingerprint density at radius 1 is 0.797 bits per heavy atom. The van der Waals surface area contributed by atoms with Crippen LogP contribution in [-0.4, -0.2) is 98.2 Å². The summed E-state index contributed by atoms with van der Waals surface area (Å²) in [5.41, 5.74) is 4.16. The van der Waals surface area contributed by atoms with Crippen LogP contribution in [0, 0.1) is 17.7 Å². The van der Waals surface area contributed by atoms with E-state index in [2.05, 4.69) is 49.9 Å². The van der Waals surface area contributed by atoms with Crippen LogP contribution < -0.4 is 16.1 Å². The highest BCUT2D eigenvalue weighted by molar-refractivity contribution is 6.74. The number of urea groups is 1. The lowest BCUT2D eigenvalue weighted by molar-refractivity contribution is -0.150. The highest BCUT2D eigenvalue weighted by Gasteiger charge is 2.43. The third-order valence-electron chi connectivity index (χ3n) is 11.6. The molecule has 6 amide bonds. The lowest BCUT2D eigenvalue weighted by atomic mass is 9.89. The van der Waals surface area contributed by atoms with Crippen molar-refractivity contribution in [2.24, 2.45) is 11.8 Å². The highest BCUT2D eigenvalue weighted by atomic mass is 28.4. The summed E-state index contributed by atoms with van der Waals surface area (Å²) in [6.07, 6.45) is 0.222. The van der Waals surface area contributed by atoms with E-state index in [1.807, 2.05) is 36.4 Å². The highest BCUT2D eigenvalue weighted by Crippen LogP contribution is 2.39. The first-order chi connectivity index (χ1) is 30.0. The molecule has 1 fully saturated rings. The number of benzene rings is 3. The molecule has 0 aliphatic carbocycles. The Morgan fingerprint density at radius 3 is 1.91 bits per heavy atom. The summed E-state index contributed by atoms with van der Waals surface area (Å²) < 4.78 is 32.4. The van der Waals surface area contributed by atoms with Crippen LogP contribution in [0.25, 0.3) is 0 Å². The molecule has 0 radical (unpaired) electrons. The predicted molar refractivity (Wildman–Crippen MR) is 248 cm³/mol. The molecule has 3 aromatic carbocycles. The fourth-order valence-corrected chi connectivity index (χ4v) is 8.62. The van der Waals surface area contributed by atoms with E-state index in [-0.39, 0.29) is 24.3 Å². The van der Waals surface area contributed by atoms with Gasteiger partial charge in [-0.2, -0.15) is 0 Å². The zero-order valence-electron chi connectivity index (χ0n) is 39.4. The van der Waals surface area contributed by atoms with Gasteiger partial charge in [0.1, 0.15) is 23.5 Å². The molecular weight excluding hydrogens is 834 g/mol. The Labute approximate surface area is 380 Å². The van der Waals surface area contributed by atoms with E-state index in [0.29, 0.717) is 50.3 Å². The van der Waals surface area contributed by atoms with Crippen LogP contribution in [0.1, 0.15) is 84.9 Å². The molecule has 350 valence electrons. The lowest BCUT2D eigenvalue weighted by Crippen LogP contribution is -2.63. The molecule has 0 saturated carbocycles. The number of amides is 6. The number of rotatable bonds is 17. The van der Waals surface area contributed by atoms with Gasteiger partial charge in [0.25, 0.3) is 5.91 Å². The lowest BCUT2D eigenvalue weighted by Gasteiger charge is -2.41. The van der Waals surface area contributed by atoms with Gasteiger partial charge in [0.2, 0.25) is 11.8 Å². The van der Waals surface area contributed by atoms with Gasteiger partial charge in [0, 0.05) is 31.5 Å². The Kier molecular flexibility index (Phi) is 18.7. The molecule has 3 N–H and O–H groups in total. The number of morpholine rings is 1. The van der Waals surface area contributed by atoms with E-state index in [4.69, 9.17) is 13.9 Å². The molecular formula is C49H70FN5O8Si. The number of carbonyl (C=O) groups excluding carboxylic acids is 5. The van der Waals surface area contributed by atoms with Crippen molar-refractivity contribution in [3.8, 4) is 0 Å². The van der Waals surface area contributed by atoms with Crippen LogP contribution in [0.15, 0.2) is 84.9 Å². The van der Waals surface area contributed by atoms with E-state index in [9.17, 15) is 23.6 Å². The molecule has 0 spiro atoms. The molecule has 1 heterocycles.